The van der Waals surface area contributed by atoms with E-state index in [9.17, 15) is 0 Å². The van der Waals surface area contributed by atoms with Crippen molar-refractivity contribution in [3.05, 3.63) is 24.0 Å². The Kier molecular flexibility index (Phi) is 2.93. The van der Waals surface area contributed by atoms with Crippen LogP contribution in [0.1, 0.15) is 37.2 Å². The molecule has 0 saturated carbocycles. The smallest absolute Gasteiger partial charge is 0.137 e. The van der Waals surface area contributed by atoms with Crippen LogP contribution in [0.2, 0.25) is 0 Å². The number of hydrogen-bond donors (Lipinski definition) is 2. The molecule has 4 heterocycles. The first kappa shape index (κ1) is 11.7. The van der Waals surface area contributed by atoms with Crippen LogP contribution in [0.4, 0.5) is 0 Å². The van der Waals surface area contributed by atoms with Crippen LogP contribution in [0.15, 0.2) is 18.5 Å². The Morgan fingerprint density at radius 2 is 2.21 bits per heavy atom. The highest BCUT2D eigenvalue weighted by atomic mass is 16.5. The molecule has 2 N–H and O–H groups in total. The summed E-state index contributed by atoms with van der Waals surface area (Å²) in [6.07, 6.45) is 9.00. The van der Waals surface area contributed by atoms with Crippen molar-refractivity contribution in [2.45, 2.75) is 49.7 Å². The third-order valence-corrected chi connectivity index (χ3v) is 4.84. The van der Waals surface area contributed by atoms with E-state index < -0.39 is 0 Å². The summed E-state index contributed by atoms with van der Waals surface area (Å²) in [4.78, 5) is 4.36. The summed E-state index contributed by atoms with van der Waals surface area (Å²) < 4.78 is 5.84. The Morgan fingerprint density at radius 1 is 1.26 bits per heavy atom. The first-order valence-electron chi connectivity index (χ1n) is 7.45. The van der Waals surface area contributed by atoms with Crippen LogP contribution in [0.3, 0.4) is 0 Å². The maximum Gasteiger partial charge on any atom is 0.137 e. The minimum absolute atomic E-state index is 0.535. The second-order valence-electron chi connectivity index (χ2n) is 6.09. The van der Waals surface area contributed by atoms with Crippen molar-refractivity contribution in [3.8, 4) is 5.75 Å². The highest BCUT2D eigenvalue weighted by Gasteiger charge is 2.39. The van der Waals surface area contributed by atoms with Crippen molar-refractivity contribution < 1.29 is 4.74 Å². The zero-order valence-corrected chi connectivity index (χ0v) is 11.1. The summed E-state index contributed by atoms with van der Waals surface area (Å²) in [5, 5.41) is 7.04. The van der Waals surface area contributed by atoms with Crippen LogP contribution >= 0.6 is 0 Å². The molecule has 4 nitrogen and oxygen atoms in total. The maximum atomic E-state index is 5.84. The van der Waals surface area contributed by atoms with Crippen molar-refractivity contribution in [1.29, 1.82) is 0 Å². The molecule has 3 aliphatic rings. The lowest BCUT2D eigenvalue weighted by molar-refractivity contribution is 0.216. The molecule has 4 heteroatoms. The largest absolute Gasteiger partial charge is 0.490 e. The van der Waals surface area contributed by atoms with Crippen molar-refractivity contribution >= 4 is 0 Å². The third-order valence-electron chi connectivity index (χ3n) is 4.84. The number of nitrogens with zero attached hydrogens (tertiary/aromatic N) is 1. The van der Waals surface area contributed by atoms with Gasteiger partial charge in [-0.15, -0.1) is 0 Å². The molecular formula is C15H21N3O. The molecule has 3 unspecified atom stereocenters. The van der Waals surface area contributed by atoms with Crippen LogP contribution in [-0.4, -0.2) is 36.3 Å². The van der Waals surface area contributed by atoms with E-state index in [2.05, 4.69) is 21.7 Å². The van der Waals surface area contributed by atoms with Gasteiger partial charge in [0, 0.05) is 30.2 Å². The van der Waals surface area contributed by atoms with Gasteiger partial charge in [0.15, 0.2) is 0 Å². The molecule has 0 aromatic carbocycles. The van der Waals surface area contributed by atoms with Crippen LogP contribution < -0.4 is 15.4 Å². The minimum Gasteiger partial charge on any atom is -0.490 e. The van der Waals surface area contributed by atoms with E-state index in [0.29, 0.717) is 18.0 Å². The van der Waals surface area contributed by atoms with Gasteiger partial charge in [0.2, 0.25) is 0 Å². The highest BCUT2D eigenvalue weighted by Crippen LogP contribution is 2.40. The zero-order valence-electron chi connectivity index (χ0n) is 11.1. The molecule has 19 heavy (non-hydrogen) atoms. The molecule has 0 radical (unpaired) electrons. The fourth-order valence-electron chi connectivity index (χ4n) is 3.60. The Morgan fingerprint density at radius 3 is 2.89 bits per heavy atom. The average Bonchev–Trinajstić information content (AvgIpc) is 2.99. The van der Waals surface area contributed by atoms with Crippen molar-refractivity contribution in [2.24, 2.45) is 0 Å². The van der Waals surface area contributed by atoms with Crippen LogP contribution in [-0.2, 0) is 0 Å². The Bertz CT molecular complexity index is 460. The molecule has 0 spiro atoms. The van der Waals surface area contributed by atoms with Crippen LogP contribution in [0, 0.1) is 0 Å². The predicted octanol–water partition coefficient (Wildman–Crippen LogP) is 1.43. The molecular weight excluding hydrogens is 238 g/mol. The van der Waals surface area contributed by atoms with Gasteiger partial charge >= 0.3 is 0 Å². The molecule has 3 fully saturated rings. The van der Waals surface area contributed by atoms with Crippen molar-refractivity contribution in [1.82, 2.24) is 15.6 Å². The summed E-state index contributed by atoms with van der Waals surface area (Å²) in [6, 6.07) is 4.13. The molecule has 3 aliphatic heterocycles. The first-order valence-corrected chi connectivity index (χ1v) is 7.45. The summed E-state index contributed by atoms with van der Waals surface area (Å²) in [5.74, 6) is 1.56. The number of nitrogens with one attached hydrogen (secondary N) is 2. The van der Waals surface area contributed by atoms with Crippen molar-refractivity contribution in [2.75, 3.05) is 13.2 Å². The third kappa shape index (κ3) is 2.23. The van der Waals surface area contributed by atoms with Gasteiger partial charge in [-0.2, -0.15) is 0 Å². The molecule has 3 saturated heterocycles. The van der Waals surface area contributed by atoms with E-state index in [1.165, 1.54) is 31.2 Å². The number of rotatable bonds is 4. The number of ether oxygens (including phenoxy) is 1. The van der Waals surface area contributed by atoms with Crippen LogP contribution in [0.25, 0.3) is 0 Å². The summed E-state index contributed by atoms with van der Waals surface area (Å²) in [5.41, 5.74) is 1.35. The van der Waals surface area contributed by atoms with Crippen LogP contribution in [0.5, 0.6) is 5.75 Å². The van der Waals surface area contributed by atoms with Gasteiger partial charge in [-0.05, 0) is 43.9 Å². The average molecular weight is 259 g/mol. The Labute approximate surface area is 113 Å². The molecule has 1 aromatic rings. The summed E-state index contributed by atoms with van der Waals surface area (Å²) in [7, 11) is 0. The minimum atomic E-state index is 0.535. The second-order valence-corrected chi connectivity index (χ2v) is 6.09. The standard InChI is InChI=1S/C15H21N3O/c1-2-15-14(6-11(1)18-15)10-5-13(8-16-7-10)19-9-12-3-4-17-12/h5,7-8,11-12,14-15,17-18H,1-4,6,9H2/t11?,12-,14?,15?/m0/s1. The van der Waals surface area contributed by atoms with E-state index in [0.717, 1.165) is 24.9 Å². The van der Waals surface area contributed by atoms with Gasteiger partial charge < -0.3 is 15.4 Å². The number of fused-ring (bicyclic) bond motifs is 2. The molecule has 0 aliphatic carbocycles. The fraction of sp³-hybridized carbons (Fsp3) is 0.667. The molecule has 4 atom stereocenters. The zero-order chi connectivity index (χ0) is 12.7. The Hall–Kier alpha value is -1.13. The quantitative estimate of drug-likeness (QED) is 0.858. The monoisotopic (exact) mass is 259 g/mol. The topological polar surface area (TPSA) is 46.2 Å². The Balaban J connectivity index is 1.44. The van der Waals surface area contributed by atoms with E-state index in [-0.39, 0.29) is 0 Å². The van der Waals surface area contributed by atoms with Crippen molar-refractivity contribution in [3.63, 3.8) is 0 Å². The normalized spacial score (nSPS) is 36.2. The maximum absolute atomic E-state index is 5.84. The lowest BCUT2D eigenvalue weighted by atomic mass is 9.84. The van der Waals surface area contributed by atoms with Gasteiger partial charge in [0.05, 0.1) is 6.20 Å². The molecule has 1 aromatic heterocycles. The second kappa shape index (κ2) is 4.76. The number of aromatic nitrogens is 1. The SMILES string of the molecule is c1ncc(C2CC3CCC2N3)cc1OC[C@@H]1CCN1. The van der Waals surface area contributed by atoms with E-state index in [4.69, 9.17) is 4.74 Å². The molecule has 4 rings (SSSR count). The van der Waals surface area contributed by atoms with Gasteiger partial charge in [-0.3, -0.25) is 4.98 Å². The summed E-state index contributed by atoms with van der Waals surface area (Å²) >= 11 is 0. The predicted molar refractivity (Wildman–Crippen MR) is 73.4 cm³/mol. The molecule has 2 bridgehead atoms. The molecule has 0 amide bonds. The lowest BCUT2D eigenvalue weighted by Gasteiger charge is -2.27. The van der Waals surface area contributed by atoms with Gasteiger partial charge in [-0.1, -0.05) is 0 Å². The number of pyridine rings is 1. The lowest BCUT2D eigenvalue weighted by Crippen LogP contribution is -2.46. The van der Waals surface area contributed by atoms with Gasteiger partial charge in [-0.25, -0.2) is 0 Å². The van der Waals surface area contributed by atoms with E-state index in [1.54, 1.807) is 0 Å². The summed E-state index contributed by atoms with van der Waals surface area (Å²) in [6.45, 7) is 1.89. The fourth-order valence-corrected chi connectivity index (χ4v) is 3.60. The van der Waals surface area contributed by atoms with E-state index >= 15 is 0 Å². The van der Waals surface area contributed by atoms with E-state index in [1.807, 2.05) is 12.4 Å². The van der Waals surface area contributed by atoms with Gasteiger partial charge in [0.1, 0.15) is 12.4 Å². The first-order chi connectivity index (χ1) is 9.38. The number of hydrogen-bond acceptors (Lipinski definition) is 4. The molecule has 102 valence electrons. The van der Waals surface area contributed by atoms with Gasteiger partial charge in [0.25, 0.3) is 0 Å². The highest BCUT2D eigenvalue weighted by molar-refractivity contribution is 5.29.